The van der Waals surface area contributed by atoms with Gasteiger partial charge in [0.2, 0.25) is 5.88 Å². The Morgan fingerprint density at radius 1 is 1.28 bits per heavy atom. The average molecular weight is 394 g/mol. The van der Waals surface area contributed by atoms with Gasteiger partial charge in [0, 0.05) is 36.8 Å². The Bertz CT molecular complexity index is 1110. The van der Waals surface area contributed by atoms with Crippen LogP contribution >= 0.6 is 0 Å². The molecule has 1 aliphatic rings. The number of amides is 1. The number of hydrogen-bond acceptors (Lipinski definition) is 5. The third-order valence-electron chi connectivity index (χ3n) is 4.93. The molecule has 148 valence electrons. The number of methoxy groups -OCH3 is 1. The van der Waals surface area contributed by atoms with Crippen molar-refractivity contribution < 1.29 is 13.9 Å². The van der Waals surface area contributed by atoms with E-state index < -0.39 is 5.82 Å². The lowest BCUT2D eigenvalue weighted by atomic mass is 10.1. The van der Waals surface area contributed by atoms with E-state index in [0.29, 0.717) is 48.0 Å². The number of rotatable bonds is 4. The number of nitrogens with zero attached hydrogens (tertiary/aromatic N) is 3. The summed E-state index contributed by atoms with van der Waals surface area (Å²) in [5, 5.41) is 0. The molecule has 1 N–H and O–H groups in total. The van der Waals surface area contributed by atoms with Crippen LogP contribution in [0.3, 0.4) is 0 Å². The first-order valence-corrected chi connectivity index (χ1v) is 9.20. The van der Waals surface area contributed by atoms with Crippen LogP contribution in [-0.4, -0.2) is 46.0 Å². The minimum Gasteiger partial charge on any atom is -0.481 e. The van der Waals surface area contributed by atoms with Crippen LogP contribution in [0.4, 0.5) is 4.39 Å². The molecule has 0 unspecified atom stereocenters. The van der Waals surface area contributed by atoms with E-state index in [0.717, 1.165) is 0 Å². The molecule has 8 heteroatoms. The van der Waals surface area contributed by atoms with Crippen molar-refractivity contribution in [2.24, 2.45) is 0 Å². The van der Waals surface area contributed by atoms with Gasteiger partial charge in [-0.05, 0) is 36.8 Å². The van der Waals surface area contributed by atoms with Gasteiger partial charge in [0.1, 0.15) is 11.6 Å². The number of hydrogen-bond donors (Lipinski definition) is 1. The highest BCUT2D eigenvalue weighted by atomic mass is 19.1. The maximum absolute atomic E-state index is 13.4. The number of carbonyl (C=O) groups is 1. The third kappa shape index (κ3) is 3.87. The number of aromatic nitrogens is 3. The van der Waals surface area contributed by atoms with Crippen LogP contribution < -0.4 is 10.3 Å². The van der Waals surface area contributed by atoms with Crippen molar-refractivity contribution in [3.63, 3.8) is 0 Å². The molecule has 1 fully saturated rings. The molecule has 1 atom stereocenters. The number of nitrogens with one attached hydrogen (secondary N) is 1. The Morgan fingerprint density at radius 2 is 2.14 bits per heavy atom. The second-order valence-electron chi connectivity index (χ2n) is 6.82. The molecule has 2 aromatic heterocycles. The largest absolute Gasteiger partial charge is 0.481 e. The molecule has 7 nitrogen and oxygen atoms in total. The van der Waals surface area contributed by atoms with Crippen LogP contribution in [0.25, 0.3) is 11.3 Å². The number of H-pyrrole nitrogens is 1. The summed E-state index contributed by atoms with van der Waals surface area (Å²) in [6.07, 6.45) is 2.25. The molecule has 1 aliphatic heterocycles. The number of likely N-dealkylation sites (tertiary alicyclic amines) is 1. The van der Waals surface area contributed by atoms with Crippen LogP contribution in [0.1, 0.15) is 28.5 Å². The summed E-state index contributed by atoms with van der Waals surface area (Å²) in [7, 11) is 1.51. The van der Waals surface area contributed by atoms with Crippen molar-refractivity contribution in [2.45, 2.75) is 12.3 Å². The van der Waals surface area contributed by atoms with Gasteiger partial charge in [-0.3, -0.25) is 9.59 Å². The summed E-state index contributed by atoms with van der Waals surface area (Å²) >= 11 is 0. The maximum Gasteiger partial charge on any atom is 0.253 e. The van der Waals surface area contributed by atoms with Crippen molar-refractivity contribution in [1.82, 2.24) is 19.9 Å². The van der Waals surface area contributed by atoms with Gasteiger partial charge in [-0.15, -0.1) is 0 Å². The van der Waals surface area contributed by atoms with E-state index in [4.69, 9.17) is 4.74 Å². The highest BCUT2D eigenvalue weighted by Crippen LogP contribution is 2.29. The average Bonchev–Trinajstić information content (AvgIpc) is 3.23. The Morgan fingerprint density at radius 3 is 2.93 bits per heavy atom. The Balaban J connectivity index is 1.59. The monoisotopic (exact) mass is 394 g/mol. The minimum absolute atomic E-state index is 0.122. The van der Waals surface area contributed by atoms with E-state index in [-0.39, 0.29) is 17.4 Å². The highest BCUT2D eigenvalue weighted by molar-refractivity contribution is 5.94. The second kappa shape index (κ2) is 7.83. The number of pyridine rings is 1. The molecule has 0 bridgehead atoms. The topological polar surface area (TPSA) is 88.2 Å². The van der Waals surface area contributed by atoms with Gasteiger partial charge in [-0.2, -0.15) is 0 Å². The summed E-state index contributed by atoms with van der Waals surface area (Å²) in [5.41, 5.74) is 1.10. The van der Waals surface area contributed by atoms with Crippen molar-refractivity contribution >= 4 is 5.91 Å². The Labute approximate surface area is 166 Å². The normalized spacial score (nSPS) is 16.1. The third-order valence-corrected chi connectivity index (χ3v) is 4.93. The summed E-state index contributed by atoms with van der Waals surface area (Å²) in [4.78, 5) is 38.1. The molecular formula is C21H19FN4O3. The molecule has 4 rings (SSSR count). The molecule has 29 heavy (non-hydrogen) atoms. The first kappa shape index (κ1) is 18.8. The van der Waals surface area contributed by atoms with Gasteiger partial charge in [-0.25, -0.2) is 14.4 Å². The fourth-order valence-corrected chi connectivity index (χ4v) is 3.53. The quantitative estimate of drug-likeness (QED) is 0.735. The molecule has 0 radical (unpaired) electrons. The van der Waals surface area contributed by atoms with Crippen LogP contribution in [-0.2, 0) is 0 Å². The zero-order valence-corrected chi connectivity index (χ0v) is 15.8. The van der Waals surface area contributed by atoms with Crippen molar-refractivity contribution in [2.75, 3.05) is 20.2 Å². The highest BCUT2D eigenvalue weighted by Gasteiger charge is 2.30. The molecule has 1 amide bonds. The molecule has 0 aliphatic carbocycles. The number of aromatic amines is 1. The fraction of sp³-hybridized carbons (Fsp3) is 0.238. The molecule has 3 heterocycles. The van der Waals surface area contributed by atoms with Gasteiger partial charge in [0.05, 0.1) is 18.4 Å². The van der Waals surface area contributed by atoms with Gasteiger partial charge in [-0.1, -0.05) is 6.07 Å². The number of carbonyl (C=O) groups excluding carboxylic acids is 1. The van der Waals surface area contributed by atoms with E-state index in [1.807, 2.05) is 0 Å². The van der Waals surface area contributed by atoms with Crippen LogP contribution in [0.2, 0.25) is 0 Å². The van der Waals surface area contributed by atoms with E-state index >= 15 is 0 Å². The first-order valence-electron chi connectivity index (χ1n) is 9.20. The Kier molecular flexibility index (Phi) is 5.07. The van der Waals surface area contributed by atoms with E-state index in [2.05, 4.69) is 15.0 Å². The van der Waals surface area contributed by atoms with Crippen LogP contribution in [0.15, 0.2) is 53.5 Å². The lowest BCUT2D eigenvalue weighted by molar-refractivity contribution is 0.0790. The Hall–Kier alpha value is -3.55. The van der Waals surface area contributed by atoms with Gasteiger partial charge < -0.3 is 14.6 Å². The van der Waals surface area contributed by atoms with Crippen molar-refractivity contribution in [1.29, 1.82) is 0 Å². The summed E-state index contributed by atoms with van der Waals surface area (Å²) in [6.45, 7) is 0.899. The second-order valence-corrected chi connectivity index (χ2v) is 6.82. The lowest BCUT2D eigenvalue weighted by Gasteiger charge is -2.17. The summed E-state index contributed by atoms with van der Waals surface area (Å²) < 4.78 is 18.7. The molecule has 3 aromatic rings. The SMILES string of the molecule is COc1ncccc1-c1cc(=O)[nH]c([C@@H]2CCN(C(=O)c3cccc(F)c3)C2)n1. The molecule has 0 spiro atoms. The lowest BCUT2D eigenvalue weighted by Crippen LogP contribution is -2.29. The van der Waals surface area contributed by atoms with Gasteiger partial charge in [0.25, 0.3) is 11.5 Å². The molecule has 1 saturated heterocycles. The van der Waals surface area contributed by atoms with Gasteiger partial charge >= 0.3 is 0 Å². The fourth-order valence-electron chi connectivity index (χ4n) is 3.53. The standard InChI is InChI=1S/C21H19FN4O3/c1-29-20-16(6-3-8-23-20)17-11-18(27)25-19(24-17)14-7-9-26(12-14)21(28)13-4-2-5-15(22)10-13/h2-6,8,10-11,14H,7,9,12H2,1H3,(H,24,25,27)/t14-/m1/s1. The van der Waals surface area contributed by atoms with E-state index in [1.54, 1.807) is 29.3 Å². The predicted molar refractivity (Wildman–Crippen MR) is 104 cm³/mol. The minimum atomic E-state index is -0.448. The van der Waals surface area contributed by atoms with Crippen molar-refractivity contribution in [3.8, 4) is 17.1 Å². The van der Waals surface area contributed by atoms with Crippen molar-refractivity contribution in [3.05, 3.63) is 76.2 Å². The smallest absolute Gasteiger partial charge is 0.253 e. The number of ether oxygens (including phenoxy) is 1. The van der Waals surface area contributed by atoms with E-state index in [9.17, 15) is 14.0 Å². The summed E-state index contributed by atoms with van der Waals surface area (Å²) in [6, 6.07) is 10.6. The van der Waals surface area contributed by atoms with Crippen LogP contribution in [0, 0.1) is 5.82 Å². The molecule has 0 saturated carbocycles. The van der Waals surface area contributed by atoms with Crippen LogP contribution in [0.5, 0.6) is 5.88 Å². The molecular weight excluding hydrogens is 375 g/mol. The maximum atomic E-state index is 13.4. The number of benzene rings is 1. The molecule has 1 aromatic carbocycles. The zero-order valence-electron chi connectivity index (χ0n) is 15.8. The first-order chi connectivity index (χ1) is 14.0. The zero-order chi connectivity index (χ0) is 20.4. The predicted octanol–water partition coefficient (Wildman–Crippen LogP) is 2.61. The number of halogens is 1. The van der Waals surface area contributed by atoms with Gasteiger partial charge in [0.15, 0.2) is 0 Å². The van der Waals surface area contributed by atoms with E-state index in [1.165, 1.54) is 31.4 Å². The summed E-state index contributed by atoms with van der Waals surface area (Å²) in [5.74, 6) is 0.0804.